The van der Waals surface area contributed by atoms with Crippen LogP contribution >= 0.6 is 11.8 Å². The lowest BCUT2D eigenvalue weighted by molar-refractivity contribution is -0.118. The van der Waals surface area contributed by atoms with Gasteiger partial charge in [-0.2, -0.15) is 0 Å². The standard InChI is InChI=1S/C27H29N3O2S/c1-32-19-18-30-25-15-9-8-14-24(25)29-27(30)33-20-26(31)28-17-16-23(21-10-4-2-5-11-21)22-12-6-3-7-13-22/h2-15,23H,16-20H2,1H3,(H,28,31). The van der Waals surface area contributed by atoms with Gasteiger partial charge in [-0.3, -0.25) is 4.79 Å². The molecule has 3 aromatic carbocycles. The van der Waals surface area contributed by atoms with Crippen LogP contribution < -0.4 is 5.32 Å². The topological polar surface area (TPSA) is 56.1 Å². The molecule has 0 atom stereocenters. The van der Waals surface area contributed by atoms with Crippen molar-refractivity contribution in [3.05, 3.63) is 96.1 Å². The number of benzene rings is 3. The first-order chi connectivity index (χ1) is 16.3. The van der Waals surface area contributed by atoms with E-state index in [2.05, 4.69) is 64.5 Å². The van der Waals surface area contributed by atoms with Crippen LogP contribution in [0.3, 0.4) is 0 Å². The highest BCUT2D eigenvalue weighted by molar-refractivity contribution is 7.99. The molecule has 33 heavy (non-hydrogen) atoms. The second-order valence-corrected chi connectivity index (χ2v) is 8.77. The molecule has 0 radical (unpaired) electrons. The van der Waals surface area contributed by atoms with E-state index in [9.17, 15) is 4.79 Å². The van der Waals surface area contributed by atoms with Crippen LogP contribution in [0.15, 0.2) is 90.1 Å². The summed E-state index contributed by atoms with van der Waals surface area (Å²) in [7, 11) is 1.69. The molecule has 0 saturated carbocycles. The number of fused-ring (bicyclic) bond motifs is 1. The summed E-state index contributed by atoms with van der Waals surface area (Å²) in [6.07, 6.45) is 0.844. The summed E-state index contributed by atoms with van der Waals surface area (Å²) in [5, 5.41) is 3.94. The molecule has 170 valence electrons. The molecule has 1 heterocycles. The van der Waals surface area contributed by atoms with Gasteiger partial charge in [0.15, 0.2) is 5.16 Å². The normalized spacial score (nSPS) is 11.2. The molecule has 0 aliphatic rings. The number of methoxy groups -OCH3 is 1. The molecule has 0 spiro atoms. The minimum absolute atomic E-state index is 0.0187. The van der Waals surface area contributed by atoms with Crippen molar-refractivity contribution in [3.8, 4) is 0 Å². The van der Waals surface area contributed by atoms with Crippen LogP contribution in [0.25, 0.3) is 11.0 Å². The Kier molecular flexibility index (Phi) is 8.17. The average molecular weight is 460 g/mol. The Hall–Kier alpha value is -3.09. The van der Waals surface area contributed by atoms with E-state index in [-0.39, 0.29) is 11.8 Å². The van der Waals surface area contributed by atoms with E-state index in [0.29, 0.717) is 25.4 Å². The number of imidazole rings is 1. The number of rotatable bonds is 11. The van der Waals surface area contributed by atoms with Crippen molar-refractivity contribution >= 4 is 28.7 Å². The minimum atomic E-state index is 0.0187. The molecular formula is C27H29N3O2S. The number of nitrogens with one attached hydrogen (secondary N) is 1. The third kappa shape index (κ3) is 6.03. The molecule has 4 aromatic rings. The number of amides is 1. The number of nitrogens with zero attached hydrogens (tertiary/aromatic N) is 2. The minimum Gasteiger partial charge on any atom is -0.383 e. The number of hydrogen-bond donors (Lipinski definition) is 1. The Labute approximate surface area is 199 Å². The van der Waals surface area contributed by atoms with Crippen LogP contribution in [0.2, 0.25) is 0 Å². The summed E-state index contributed by atoms with van der Waals surface area (Å²) in [6.45, 7) is 1.92. The lowest BCUT2D eigenvalue weighted by Gasteiger charge is -2.18. The van der Waals surface area contributed by atoms with Crippen molar-refractivity contribution in [2.45, 2.75) is 24.0 Å². The highest BCUT2D eigenvalue weighted by atomic mass is 32.2. The number of thioether (sulfide) groups is 1. The van der Waals surface area contributed by atoms with Crippen molar-refractivity contribution in [3.63, 3.8) is 0 Å². The molecule has 0 fully saturated rings. The predicted molar refractivity (Wildman–Crippen MR) is 135 cm³/mol. The number of aromatic nitrogens is 2. The molecule has 4 rings (SSSR count). The highest BCUT2D eigenvalue weighted by Crippen LogP contribution is 2.27. The molecule has 0 saturated heterocycles. The lowest BCUT2D eigenvalue weighted by atomic mass is 9.88. The number of ether oxygens (including phenoxy) is 1. The van der Waals surface area contributed by atoms with Crippen LogP contribution in [0.1, 0.15) is 23.5 Å². The van der Waals surface area contributed by atoms with Crippen molar-refractivity contribution in [2.75, 3.05) is 26.0 Å². The lowest BCUT2D eigenvalue weighted by Crippen LogP contribution is -2.27. The van der Waals surface area contributed by atoms with Crippen molar-refractivity contribution < 1.29 is 9.53 Å². The van der Waals surface area contributed by atoms with Gasteiger partial charge >= 0.3 is 0 Å². The fourth-order valence-electron chi connectivity index (χ4n) is 4.00. The van der Waals surface area contributed by atoms with Crippen LogP contribution in [0, 0.1) is 0 Å². The monoisotopic (exact) mass is 459 g/mol. The van der Waals surface area contributed by atoms with E-state index in [4.69, 9.17) is 9.72 Å². The SMILES string of the molecule is COCCn1c(SCC(=O)NCCC(c2ccccc2)c2ccccc2)nc2ccccc21. The van der Waals surface area contributed by atoms with Gasteiger partial charge < -0.3 is 14.6 Å². The Bertz CT molecular complexity index is 1120. The molecule has 1 N–H and O–H groups in total. The van der Waals surface area contributed by atoms with E-state index in [1.54, 1.807) is 7.11 Å². The summed E-state index contributed by atoms with van der Waals surface area (Å²) in [4.78, 5) is 17.3. The van der Waals surface area contributed by atoms with Gasteiger partial charge in [-0.05, 0) is 29.7 Å². The summed E-state index contributed by atoms with van der Waals surface area (Å²) >= 11 is 1.47. The number of carbonyl (C=O) groups is 1. The summed E-state index contributed by atoms with van der Waals surface area (Å²) in [6, 6.07) is 29.0. The Morgan fingerprint density at radius 2 is 1.61 bits per heavy atom. The van der Waals surface area contributed by atoms with Gasteiger partial charge in [0.1, 0.15) is 0 Å². The molecule has 0 aliphatic heterocycles. The summed E-state index contributed by atoms with van der Waals surface area (Å²) < 4.78 is 7.38. The fraction of sp³-hybridized carbons (Fsp3) is 0.259. The maximum atomic E-state index is 12.6. The van der Waals surface area contributed by atoms with Gasteiger partial charge in [0.25, 0.3) is 0 Å². The first kappa shape index (κ1) is 23.1. The maximum absolute atomic E-state index is 12.6. The molecule has 6 heteroatoms. The molecular weight excluding hydrogens is 430 g/mol. The molecule has 1 amide bonds. The van der Waals surface area contributed by atoms with Crippen molar-refractivity contribution in [1.29, 1.82) is 0 Å². The molecule has 5 nitrogen and oxygen atoms in total. The van der Waals surface area contributed by atoms with Gasteiger partial charge in [0.2, 0.25) is 5.91 Å². The fourth-order valence-corrected chi connectivity index (χ4v) is 4.87. The van der Waals surface area contributed by atoms with Crippen LogP contribution in [-0.2, 0) is 16.1 Å². The molecule has 0 unspecified atom stereocenters. The zero-order chi connectivity index (χ0) is 22.9. The van der Waals surface area contributed by atoms with E-state index in [1.165, 1.54) is 22.9 Å². The average Bonchev–Trinajstić information content (AvgIpc) is 3.22. The molecule has 1 aromatic heterocycles. The van der Waals surface area contributed by atoms with Crippen LogP contribution in [-0.4, -0.2) is 41.5 Å². The van der Waals surface area contributed by atoms with E-state index < -0.39 is 0 Å². The maximum Gasteiger partial charge on any atom is 0.230 e. The number of hydrogen-bond acceptors (Lipinski definition) is 4. The molecule has 0 aliphatic carbocycles. The van der Waals surface area contributed by atoms with E-state index >= 15 is 0 Å². The first-order valence-electron chi connectivity index (χ1n) is 11.2. The quantitative estimate of drug-likeness (QED) is 0.317. The smallest absolute Gasteiger partial charge is 0.230 e. The van der Waals surface area contributed by atoms with Gasteiger partial charge in [-0.1, -0.05) is 84.6 Å². The van der Waals surface area contributed by atoms with Crippen LogP contribution in [0.4, 0.5) is 0 Å². The van der Waals surface area contributed by atoms with E-state index in [0.717, 1.165) is 22.6 Å². The highest BCUT2D eigenvalue weighted by Gasteiger charge is 2.15. The zero-order valence-corrected chi connectivity index (χ0v) is 19.6. The third-order valence-electron chi connectivity index (χ3n) is 5.63. The predicted octanol–water partition coefficient (Wildman–Crippen LogP) is 5.11. The number of para-hydroxylation sites is 2. The zero-order valence-electron chi connectivity index (χ0n) is 18.8. The van der Waals surface area contributed by atoms with Gasteiger partial charge in [-0.15, -0.1) is 0 Å². The van der Waals surface area contributed by atoms with Gasteiger partial charge in [0, 0.05) is 26.1 Å². The molecule has 0 bridgehead atoms. The van der Waals surface area contributed by atoms with Crippen molar-refractivity contribution in [2.24, 2.45) is 0 Å². The largest absolute Gasteiger partial charge is 0.383 e. The van der Waals surface area contributed by atoms with Gasteiger partial charge in [-0.25, -0.2) is 4.98 Å². The summed E-state index contributed by atoms with van der Waals surface area (Å²) in [5.74, 6) is 0.598. The Morgan fingerprint density at radius 1 is 0.970 bits per heavy atom. The second kappa shape index (κ2) is 11.7. The summed E-state index contributed by atoms with van der Waals surface area (Å²) in [5.41, 5.74) is 4.52. The Balaban J connectivity index is 1.36. The third-order valence-corrected chi connectivity index (χ3v) is 6.61. The van der Waals surface area contributed by atoms with E-state index in [1.807, 2.05) is 30.3 Å². The first-order valence-corrected chi connectivity index (χ1v) is 12.2. The van der Waals surface area contributed by atoms with Crippen LogP contribution in [0.5, 0.6) is 0 Å². The number of carbonyl (C=O) groups excluding carboxylic acids is 1. The van der Waals surface area contributed by atoms with Crippen molar-refractivity contribution in [1.82, 2.24) is 14.9 Å². The van der Waals surface area contributed by atoms with Gasteiger partial charge in [0.05, 0.1) is 23.4 Å². The Morgan fingerprint density at radius 3 is 2.27 bits per heavy atom. The second-order valence-electron chi connectivity index (χ2n) is 7.83.